The smallest absolute Gasteiger partial charge is 0.181 e. The number of hydrogen-bond donors (Lipinski definition) is 0. The molecule has 2 heterocycles. The number of hydrogen-bond acceptors (Lipinski definition) is 3. The van der Waals surface area contributed by atoms with Crippen molar-refractivity contribution in [3.8, 4) is 5.75 Å². The zero-order chi connectivity index (χ0) is 11.1. The van der Waals surface area contributed by atoms with Gasteiger partial charge in [0.1, 0.15) is 5.75 Å². The third kappa shape index (κ3) is 1.18. The molecule has 0 bridgehead atoms. The lowest BCUT2D eigenvalue weighted by Crippen LogP contribution is -2.15. The molecule has 0 N–H and O–H groups in total. The zero-order valence-electron chi connectivity index (χ0n) is 8.88. The maximum absolute atomic E-state index is 11.0. The monoisotopic (exact) mass is 213 g/mol. The van der Waals surface area contributed by atoms with Gasteiger partial charge >= 0.3 is 0 Å². The Morgan fingerprint density at radius 2 is 2.31 bits per heavy atom. The standard InChI is InChI=1S/C13H11NO2/c1-14-6-5-9-3-2-4-11-13(9)10(7-14)12(8-15)16-11/h2-8,12H,1H3. The van der Waals surface area contributed by atoms with E-state index in [0.29, 0.717) is 0 Å². The average Bonchev–Trinajstić information content (AvgIpc) is 2.55. The Balaban J connectivity index is 2.27. The summed E-state index contributed by atoms with van der Waals surface area (Å²) in [6.45, 7) is 0. The first-order chi connectivity index (χ1) is 7.79. The van der Waals surface area contributed by atoms with Crippen LogP contribution in [-0.2, 0) is 4.79 Å². The van der Waals surface area contributed by atoms with Crippen LogP contribution >= 0.6 is 0 Å². The van der Waals surface area contributed by atoms with Crippen molar-refractivity contribution in [1.29, 1.82) is 0 Å². The topological polar surface area (TPSA) is 29.5 Å². The van der Waals surface area contributed by atoms with E-state index in [1.807, 2.05) is 48.6 Å². The molecule has 0 aromatic heterocycles. The molecule has 0 amide bonds. The fourth-order valence-electron chi connectivity index (χ4n) is 2.14. The summed E-state index contributed by atoms with van der Waals surface area (Å²) in [6, 6.07) is 5.86. The molecular weight excluding hydrogens is 202 g/mol. The molecule has 2 aliphatic rings. The Morgan fingerprint density at radius 3 is 3.12 bits per heavy atom. The highest BCUT2D eigenvalue weighted by Gasteiger charge is 2.30. The highest BCUT2D eigenvalue weighted by atomic mass is 16.5. The first-order valence-electron chi connectivity index (χ1n) is 5.17. The van der Waals surface area contributed by atoms with E-state index >= 15 is 0 Å². The third-order valence-corrected chi connectivity index (χ3v) is 2.86. The molecule has 16 heavy (non-hydrogen) atoms. The largest absolute Gasteiger partial charge is 0.477 e. The molecule has 3 nitrogen and oxygen atoms in total. The molecule has 0 spiro atoms. The average molecular weight is 213 g/mol. The van der Waals surface area contributed by atoms with E-state index in [0.717, 1.165) is 28.7 Å². The Kier molecular flexibility index (Phi) is 1.86. The van der Waals surface area contributed by atoms with Crippen molar-refractivity contribution in [2.45, 2.75) is 6.10 Å². The van der Waals surface area contributed by atoms with Gasteiger partial charge in [0.2, 0.25) is 0 Å². The number of rotatable bonds is 1. The SMILES string of the molecule is CN1C=Cc2cccc3c2C(=C1)C(C=O)O3. The van der Waals surface area contributed by atoms with Gasteiger partial charge in [-0.3, -0.25) is 4.79 Å². The van der Waals surface area contributed by atoms with E-state index in [1.165, 1.54) is 0 Å². The quantitative estimate of drug-likeness (QED) is 0.667. The highest BCUT2D eigenvalue weighted by Crippen LogP contribution is 2.40. The summed E-state index contributed by atoms with van der Waals surface area (Å²) in [6.07, 6.45) is 6.31. The first-order valence-corrected chi connectivity index (χ1v) is 5.17. The molecule has 0 fully saturated rings. The van der Waals surface area contributed by atoms with Crippen LogP contribution in [0, 0.1) is 0 Å². The number of ether oxygens (including phenoxy) is 1. The molecule has 2 aliphatic heterocycles. The van der Waals surface area contributed by atoms with Crippen LogP contribution < -0.4 is 4.74 Å². The number of benzene rings is 1. The summed E-state index contributed by atoms with van der Waals surface area (Å²) < 4.78 is 5.59. The van der Waals surface area contributed by atoms with E-state index in [9.17, 15) is 4.79 Å². The van der Waals surface area contributed by atoms with Crippen molar-refractivity contribution in [2.24, 2.45) is 0 Å². The van der Waals surface area contributed by atoms with Crippen LogP contribution in [0.15, 0.2) is 30.6 Å². The van der Waals surface area contributed by atoms with E-state index in [-0.39, 0.29) is 0 Å². The number of nitrogens with zero attached hydrogens (tertiary/aromatic N) is 1. The predicted octanol–water partition coefficient (Wildman–Crippen LogP) is 1.90. The molecule has 1 atom stereocenters. The van der Waals surface area contributed by atoms with Crippen LogP contribution in [0.3, 0.4) is 0 Å². The fraction of sp³-hybridized carbons (Fsp3) is 0.154. The van der Waals surface area contributed by atoms with Gasteiger partial charge in [0.15, 0.2) is 12.4 Å². The summed E-state index contributed by atoms with van der Waals surface area (Å²) in [4.78, 5) is 12.9. The molecule has 0 saturated carbocycles. The summed E-state index contributed by atoms with van der Waals surface area (Å²) in [5.74, 6) is 0.792. The van der Waals surface area contributed by atoms with Crippen LogP contribution in [-0.4, -0.2) is 24.3 Å². The van der Waals surface area contributed by atoms with Gasteiger partial charge in [-0.25, -0.2) is 0 Å². The van der Waals surface area contributed by atoms with Crippen LogP contribution in [0.2, 0.25) is 0 Å². The van der Waals surface area contributed by atoms with E-state index in [4.69, 9.17) is 4.74 Å². The minimum atomic E-state index is -0.474. The molecular formula is C13H11NO2. The van der Waals surface area contributed by atoms with Crippen molar-refractivity contribution in [3.05, 3.63) is 41.7 Å². The lowest BCUT2D eigenvalue weighted by molar-refractivity contribution is -0.111. The van der Waals surface area contributed by atoms with Crippen molar-refractivity contribution in [2.75, 3.05) is 7.05 Å². The van der Waals surface area contributed by atoms with Crippen LogP contribution in [0.1, 0.15) is 11.1 Å². The second kappa shape index (κ2) is 3.23. The van der Waals surface area contributed by atoms with Gasteiger partial charge in [-0.2, -0.15) is 0 Å². The van der Waals surface area contributed by atoms with Gasteiger partial charge in [0.25, 0.3) is 0 Å². The maximum atomic E-state index is 11.0. The second-order valence-electron chi connectivity index (χ2n) is 3.96. The van der Waals surface area contributed by atoms with Crippen molar-refractivity contribution >= 4 is 17.9 Å². The summed E-state index contributed by atoms with van der Waals surface area (Å²) in [5.41, 5.74) is 3.07. The zero-order valence-corrected chi connectivity index (χ0v) is 8.88. The second-order valence-corrected chi connectivity index (χ2v) is 3.96. The van der Waals surface area contributed by atoms with Crippen molar-refractivity contribution < 1.29 is 9.53 Å². The molecule has 0 saturated heterocycles. The number of aldehydes is 1. The molecule has 1 aromatic rings. The van der Waals surface area contributed by atoms with Gasteiger partial charge in [-0.15, -0.1) is 0 Å². The first kappa shape index (κ1) is 9.21. The third-order valence-electron chi connectivity index (χ3n) is 2.86. The summed E-state index contributed by atoms with van der Waals surface area (Å²) >= 11 is 0. The lowest BCUT2D eigenvalue weighted by Gasteiger charge is -2.09. The Bertz CT molecular complexity index is 517. The molecule has 3 heteroatoms. The highest BCUT2D eigenvalue weighted by molar-refractivity contribution is 5.92. The van der Waals surface area contributed by atoms with Crippen molar-refractivity contribution in [1.82, 2.24) is 4.90 Å². The van der Waals surface area contributed by atoms with Crippen LogP contribution in [0.5, 0.6) is 5.75 Å². The Morgan fingerprint density at radius 1 is 1.44 bits per heavy atom. The van der Waals surface area contributed by atoms with E-state index < -0.39 is 6.10 Å². The molecule has 0 radical (unpaired) electrons. The minimum Gasteiger partial charge on any atom is -0.477 e. The van der Waals surface area contributed by atoms with E-state index in [2.05, 4.69) is 0 Å². The summed E-state index contributed by atoms with van der Waals surface area (Å²) in [5, 5.41) is 0. The molecule has 0 aliphatic carbocycles. The number of carbonyl (C=O) groups excluding carboxylic acids is 1. The minimum absolute atomic E-state index is 0.474. The predicted molar refractivity (Wildman–Crippen MR) is 61.7 cm³/mol. The Labute approximate surface area is 93.6 Å². The molecule has 80 valence electrons. The molecule has 1 unspecified atom stereocenters. The van der Waals surface area contributed by atoms with Gasteiger partial charge in [0, 0.05) is 30.6 Å². The molecule has 3 rings (SSSR count). The van der Waals surface area contributed by atoms with Crippen LogP contribution in [0.25, 0.3) is 11.6 Å². The number of carbonyl (C=O) groups is 1. The van der Waals surface area contributed by atoms with Gasteiger partial charge in [0.05, 0.1) is 0 Å². The van der Waals surface area contributed by atoms with Crippen molar-refractivity contribution in [3.63, 3.8) is 0 Å². The Hall–Kier alpha value is -2.03. The van der Waals surface area contributed by atoms with Gasteiger partial charge in [-0.05, 0) is 17.7 Å². The lowest BCUT2D eigenvalue weighted by atomic mass is 9.99. The maximum Gasteiger partial charge on any atom is 0.181 e. The fourth-order valence-corrected chi connectivity index (χ4v) is 2.14. The normalized spacial score (nSPS) is 20.9. The van der Waals surface area contributed by atoms with Gasteiger partial charge in [-0.1, -0.05) is 12.1 Å². The molecule has 1 aromatic carbocycles. The van der Waals surface area contributed by atoms with Gasteiger partial charge < -0.3 is 9.64 Å². The van der Waals surface area contributed by atoms with E-state index in [1.54, 1.807) is 0 Å². The van der Waals surface area contributed by atoms with Crippen LogP contribution in [0.4, 0.5) is 0 Å². The summed E-state index contributed by atoms with van der Waals surface area (Å²) in [7, 11) is 1.94.